The van der Waals surface area contributed by atoms with Gasteiger partial charge in [0.25, 0.3) is 0 Å². The molecule has 0 unspecified atom stereocenters. The number of fused-ring (bicyclic) bond motifs is 1. The van der Waals surface area contributed by atoms with E-state index in [4.69, 9.17) is 4.99 Å². The van der Waals surface area contributed by atoms with E-state index in [1.54, 1.807) is 11.8 Å². The zero-order valence-corrected chi connectivity index (χ0v) is 11.9. The maximum Gasteiger partial charge on any atom is 0.0736 e. The third-order valence-electron chi connectivity index (χ3n) is 3.64. The largest absolute Gasteiger partial charge is 0.246 e. The molecule has 2 aromatic rings. The van der Waals surface area contributed by atoms with E-state index in [1.807, 2.05) is 0 Å². The molecule has 3 rings (SSSR count). The molecule has 1 atom stereocenters. The molecule has 96 valence electrons. The fourth-order valence-corrected chi connectivity index (χ4v) is 3.19. The van der Waals surface area contributed by atoms with Crippen LogP contribution in [0.3, 0.4) is 0 Å². The number of benzene rings is 2. The number of para-hydroxylation sites is 1. The molecule has 0 fully saturated rings. The lowest BCUT2D eigenvalue weighted by Crippen LogP contribution is -2.01. The van der Waals surface area contributed by atoms with Crippen LogP contribution in [0.5, 0.6) is 0 Å². The van der Waals surface area contributed by atoms with Crippen LogP contribution in [0.2, 0.25) is 0 Å². The Morgan fingerprint density at radius 1 is 1.00 bits per heavy atom. The molecule has 0 N–H and O–H groups in total. The van der Waals surface area contributed by atoms with Gasteiger partial charge in [-0.1, -0.05) is 48.5 Å². The molecule has 0 amide bonds. The van der Waals surface area contributed by atoms with Crippen LogP contribution in [-0.4, -0.2) is 11.3 Å². The zero-order chi connectivity index (χ0) is 13.1. The quantitative estimate of drug-likeness (QED) is 0.708. The van der Waals surface area contributed by atoms with Crippen molar-refractivity contribution >= 4 is 22.5 Å². The minimum absolute atomic E-state index is 0.464. The molecule has 0 saturated heterocycles. The number of thioether (sulfide) groups is 1. The van der Waals surface area contributed by atoms with Crippen molar-refractivity contribution in [2.24, 2.45) is 4.99 Å². The second-order valence-electron chi connectivity index (χ2n) is 4.77. The van der Waals surface area contributed by atoms with Crippen molar-refractivity contribution in [3.05, 3.63) is 65.7 Å². The molecule has 2 aromatic carbocycles. The molecule has 1 heterocycles. The van der Waals surface area contributed by atoms with Gasteiger partial charge < -0.3 is 0 Å². The molecule has 1 nitrogen and oxygen atoms in total. The first-order valence-electron chi connectivity index (χ1n) is 6.64. The fraction of sp³-hybridized carbons (Fsp3) is 0.235. The van der Waals surface area contributed by atoms with Gasteiger partial charge in [-0.2, -0.15) is 0 Å². The zero-order valence-electron chi connectivity index (χ0n) is 11.0. The van der Waals surface area contributed by atoms with E-state index < -0.39 is 0 Å². The van der Waals surface area contributed by atoms with Crippen LogP contribution in [0.4, 0.5) is 5.69 Å². The van der Waals surface area contributed by atoms with Gasteiger partial charge in [0.15, 0.2) is 0 Å². The number of hydrogen-bond acceptors (Lipinski definition) is 2. The number of nitrogens with zero attached hydrogens (tertiary/aromatic N) is 1. The van der Waals surface area contributed by atoms with Gasteiger partial charge in [-0.05, 0) is 36.3 Å². The highest BCUT2D eigenvalue weighted by atomic mass is 32.2. The molecule has 0 radical (unpaired) electrons. The summed E-state index contributed by atoms with van der Waals surface area (Å²) in [6.45, 7) is 0. The van der Waals surface area contributed by atoms with Crippen molar-refractivity contribution in [3.8, 4) is 0 Å². The van der Waals surface area contributed by atoms with Crippen molar-refractivity contribution in [1.82, 2.24) is 0 Å². The first-order chi connectivity index (χ1) is 9.38. The monoisotopic (exact) mass is 267 g/mol. The average molecular weight is 267 g/mol. The van der Waals surface area contributed by atoms with Crippen molar-refractivity contribution < 1.29 is 0 Å². The maximum absolute atomic E-state index is 4.81. The van der Waals surface area contributed by atoms with Gasteiger partial charge in [0.2, 0.25) is 0 Å². The summed E-state index contributed by atoms with van der Waals surface area (Å²) >= 11 is 1.77. The van der Waals surface area contributed by atoms with Gasteiger partial charge in [-0.3, -0.25) is 0 Å². The molecule has 2 heteroatoms. The van der Waals surface area contributed by atoms with Crippen LogP contribution in [0.25, 0.3) is 0 Å². The van der Waals surface area contributed by atoms with Crippen LogP contribution >= 0.6 is 11.8 Å². The number of hydrogen-bond donors (Lipinski definition) is 0. The summed E-state index contributed by atoms with van der Waals surface area (Å²) in [7, 11) is 0. The van der Waals surface area contributed by atoms with Crippen LogP contribution in [0.15, 0.2) is 59.6 Å². The summed E-state index contributed by atoms with van der Waals surface area (Å²) in [6, 6.07) is 19.3. The summed E-state index contributed by atoms with van der Waals surface area (Å²) in [4.78, 5) is 4.81. The molecule has 1 aliphatic rings. The van der Waals surface area contributed by atoms with Gasteiger partial charge in [-0.15, -0.1) is 11.8 Å². The predicted molar refractivity (Wildman–Crippen MR) is 84.6 cm³/mol. The number of rotatable bonds is 1. The van der Waals surface area contributed by atoms with Gasteiger partial charge in [-0.25, -0.2) is 4.99 Å². The first-order valence-corrected chi connectivity index (χ1v) is 7.86. The van der Waals surface area contributed by atoms with E-state index in [0.717, 1.165) is 18.5 Å². The minimum atomic E-state index is 0.464. The molecule has 0 aliphatic carbocycles. The van der Waals surface area contributed by atoms with E-state index in [0.29, 0.717) is 5.92 Å². The second-order valence-corrected chi connectivity index (χ2v) is 5.65. The van der Waals surface area contributed by atoms with E-state index in [-0.39, 0.29) is 0 Å². The molecule has 0 bridgehead atoms. The third kappa shape index (κ3) is 2.59. The lowest BCUT2D eigenvalue weighted by Gasteiger charge is -2.17. The topological polar surface area (TPSA) is 12.4 Å². The Balaban J connectivity index is 2.07. The van der Waals surface area contributed by atoms with E-state index in [1.165, 1.54) is 16.2 Å². The van der Waals surface area contributed by atoms with Crippen LogP contribution in [-0.2, 0) is 0 Å². The molecule has 0 aromatic heterocycles. The summed E-state index contributed by atoms with van der Waals surface area (Å²) in [5.74, 6) is 0.464. The molecular formula is C17H17NS. The van der Waals surface area contributed by atoms with Crippen molar-refractivity contribution in [2.45, 2.75) is 18.8 Å². The van der Waals surface area contributed by atoms with Gasteiger partial charge >= 0.3 is 0 Å². The lowest BCUT2D eigenvalue weighted by molar-refractivity contribution is 0.754. The summed E-state index contributed by atoms with van der Waals surface area (Å²) in [5.41, 5.74) is 3.89. The normalized spacial score (nSPS) is 18.4. The van der Waals surface area contributed by atoms with E-state index >= 15 is 0 Å². The maximum atomic E-state index is 4.81. The summed E-state index contributed by atoms with van der Waals surface area (Å²) < 4.78 is 0. The van der Waals surface area contributed by atoms with Crippen molar-refractivity contribution in [1.29, 1.82) is 0 Å². The third-order valence-corrected chi connectivity index (χ3v) is 4.41. The Bertz CT molecular complexity index is 589. The van der Waals surface area contributed by atoms with Crippen LogP contribution in [0, 0.1) is 0 Å². The van der Waals surface area contributed by atoms with E-state index in [9.17, 15) is 0 Å². The highest BCUT2D eigenvalue weighted by Crippen LogP contribution is 2.38. The fourth-order valence-electron chi connectivity index (χ4n) is 2.68. The van der Waals surface area contributed by atoms with Crippen molar-refractivity contribution in [3.63, 3.8) is 0 Å². The second kappa shape index (κ2) is 5.62. The van der Waals surface area contributed by atoms with Crippen molar-refractivity contribution in [2.75, 3.05) is 6.26 Å². The van der Waals surface area contributed by atoms with Crippen LogP contribution in [0.1, 0.15) is 29.9 Å². The summed E-state index contributed by atoms with van der Waals surface area (Å²) in [6.07, 6.45) is 4.32. The number of aliphatic imine (C=N–C) groups is 1. The molecule has 0 saturated carbocycles. The molecule has 0 spiro atoms. The minimum Gasteiger partial charge on any atom is -0.246 e. The smallest absolute Gasteiger partial charge is 0.0736 e. The highest BCUT2D eigenvalue weighted by Gasteiger charge is 2.20. The Morgan fingerprint density at radius 2 is 1.74 bits per heavy atom. The van der Waals surface area contributed by atoms with Crippen LogP contribution < -0.4 is 0 Å². The SMILES string of the molecule is CSC1=Nc2ccccc2[C@H](c2ccccc2)CC1. The summed E-state index contributed by atoms with van der Waals surface area (Å²) in [5, 5.41) is 1.24. The van der Waals surface area contributed by atoms with Gasteiger partial charge in [0.05, 0.1) is 10.7 Å². The standard InChI is InChI=1S/C17H17NS/c1-19-17-12-11-14(13-7-3-2-4-8-13)15-9-5-6-10-16(15)18-17/h2-10,14H,11-12H2,1H3/t14-/m0/s1. The Morgan fingerprint density at radius 3 is 2.53 bits per heavy atom. The Hall–Kier alpha value is -1.54. The Labute approximate surface area is 118 Å². The lowest BCUT2D eigenvalue weighted by atomic mass is 9.87. The Kier molecular flexibility index (Phi) is 3.69. The van der Waals surface area contributed by atoms with Gasteiger partial charge in [0.1, 0.15) is 0 Å². The molecule has 19 heavy (non-hydrogen) atoms. The highest BCUT2D eigenvalue weighted by molar-refractivity contribution is 8.13. The van der Waals surface area contributed by atoms with E-state index in [2.05, 4.69) is 60.9 Å². The molecule has 1 aliphatic heterocycles. The average Bonchev–Trinajstić information content (AvgIpc) is 2.67. The molecular weight excluding hydrogens is 250 g/mol. The van der Waals surface area contributed by atoms with Gasteiger partial charge in [0, 0.05) is 5.92 Å². The first kappa shape index (κ1) is 12.5. The predicted octanol–water partition coefficient (Wildman–Crippen LogP) is 5.01.